The van der Waals surface area contributed by atoms with Gasteiger partial charge in [-0.15, -0.1) is 5.10 Å². The van der Waals surface area contributed by atoms with Crippen LogP contribution < -0.4 is 5.73 Å². The number of halogens is 3. The Morgan fingerprint density at radius 2 is 2.06 bits per heavy atom. The van der Waals surface area contributed by atoms with E-state index in [4.69, 9.17) is 15.6 Å². The van der Waals surface area contributed by atoms with Gasteiger partial charge in [0.2, 0.25) is 0 Å². The predicted molar refractivity (Wildman–Crippen MR) is 107 cm³/mol. The number of rotatable bonds is 4. The fourth-order valence-corrected chi connectivity index (χ4v) is 3.53. The van der Waals surface area contributed by atoms with Crippen LogP contribution in [-0.4, -0.2) is 55.2 Å². The van der Waals surface area contributed by atoms with Crippen LogP contribution in [0.3, 0.4) is 0 Å². The van der Waals surface area contributed by atoms with E-state index in [1.165, 1.54) is 22.8 Å². The molecule has 1 atom stereocenters. The molecule has 1 aliphatic rings. The normalized spacial score (nSPS) is 17.2. The first-order valence-electron chi connectivity index (χ1n) is 9.72. The summed E-state index contributed by atoms with van der Waals surface area (Å²) in [5, 5.41) is 18.0. The molecule has 31 heavy (non-hydrogen) atoms. The van der Waals surface area contributed by atoms with Crippen molar-refractivity contribution in [3.8, 4) is 0 Å². The average molecular weight is 436 g/mol. The Balaban J connectivity index is 0.000000339. The highest BCUT2D eigenvalue weighted by Crippen LogP contribution is 2.25. The Morgan fingerprint density at radius 1 is 1.29 bits per heavy atom. The number of fused-ring (bicyclic) bond motifs is 1. The largest absolute Gasteiger partial charge is 0.490 e. The summed E-state index contributed by atoms with van der Waals surface area (Å²) >= 11 is 0. The third kappa shape index (κ3) is 5.98. The van der Waals surface area contributed by atoms with Crippen LogP contribution in [0.15, 0.2) is 42.9 Å². The van der Waals surface area contributed by atoms with Crippen LogP contribution in [0.5, 0.6) is 0 Å². The van der Waals surface area contributed by atoms with Crippen LogP contribution in [0.2, 0.25) is 0 Å². The van der Waals surface area contributed by atoms with Crippen molar-refractivity contribution in [3.05, 3.63) is 54.1 Å². The second-order valence-corrected chi connectivity index (χ2v) is 7.24. The highest BCUT2D eigenvalue weighted by Gasteiger charge is 2.38. The maximum Gasteiger partial charge on any atom is 0.490 e. The maximum absolute atomic E-state index is 10.6. The molecule has 4 rings (SSSR count). The fraction of sp³-hybridized carbons (Fsp3) is 0.400. The standard InChI is InChI=1S/C18H22N6.C2HF3O2/c19-9-16-12-24(22-21-16)17-5-2-8-23(13-17)11-15-4-1-3-14-6-7-20-10-18(14)15;3-2(4,5)1(6)7/h1,3-4,6-7,10,12,17H,2,5,8-9,11,13,19H2;(H,6,7). The molecule has 1 unspecified atom stereocenters. The lowest BCUT2D eigenvalue weighted by Gasteiger charge is -2.32. The lowest BCUT2D eigenvalue weighted by Crippen LogP contribution is -2.36. The van der Waals surface area contributed by atoms with Gasteiger partial charge in [0.05, 0.1) is 17.9 Å². The van der Waals surface area contributed by atoms with Gasteiger partial charge in [0.1, 0.15) is 0 Å². The minimum atomic E-state index is -5.08. The van der Waals surface area contributed by atoms with Gasteiger partial charge in [0.25, 0.3) is 0 Å². The maximum atomic E-state index is 10.6. The number of hydrogen-bond donors (Lipinski definition) is 2. The summed E-state index contributed by atoms with van der Waals surface area (Å²) in [5.74, 6) is -2.76. The van der Waals surface area contributed by atoms with E-state index in [0.717, 1.165) is 31.7 Å². The number of hydrogen-bond acceptors (Lipinski definition) is 6. The number of aliphatic carboxylic acids is 1. The number of nitrogens with two attached hydrogens (primary N) is 1. The molecule has 0 aliphatic carbocycles. The predicted octanol–water partition coefficient (Wildman–Crippen LogP) is 2.76. The molecular formula is C20H23F3N6O2. The van der Waals surface area contributed by atoms with Crippen LogP contribution in [-0.2, 0) is 17.9 Å². The minimum Gasteiger partial charge on any atom is -0.475 e. The van der Waals surface area contributed by atoms with Crippen LogP contribution >= 0.6 is 0 Å². The second-order valence-electron chi connectivity index (χ2n) is 7.24. The van der Waals surface area contributed by atoms with E-state index in [-0.39, 0.29) is 0 Å². The molecule has 0 amide bonds. The summed E-state index contributed by atoms with van der Waals surface area (Å²) in [6.07, 6.45) is 3.03. The van der Waals surface area contributed by atoms with Gasteiger partial charge in [-0.2, -0.15) is 13.2 Å². The number of piperidine rings is 1. The van der Waals surface area contributed by atoms with E-state index in [2.05, 4.69) is 44.5 Å². The Kier molecular flexibility index (Phi) is 7.18. The summed E-state index contributed by atoms with van der Waals surface area (Å²) in [7, 11) is 0. The number of likely N-dealkylation sites (tertiary alicyclic amines) is 1. The summed E-state index contributed by atoms with van der Waals surface area (Å²) in [4.78, 5) is 15.7. The number of benzene rings is 1. The minimum absolute atomic E-state index is 0.375. The van der Waals surface area contributed by atoms with Gasteiger partial charge in [-0.05, 0) is 36.4 Å². The molecular weight excluding hydrogens is 413 g/mol. The van der Waals surface area contributed by atoms with E-state index in [0.29, 0.717) is 12.6 Å². The molecule has 3 heterocycles. The van der Waals surface area contributed by atoms with Crippen molar-refractivity contribution in [2.24, 2.45) is 5.73 Å². The zero-order valence-corrected chi connectivity index (χ0v) is 16.7. The molecule has 0 radical (unpaired) electrons. The lowest BCUT2D eigenvalue weighted by molar-refractivity contribution is -0.192. The lowest BCUT2D eigenvalue weighted by atomic mass is 10.0. The smallest absolute Gasteiger partial charge is 0.475 e. The number of pyridine rings is 1. The monoisotopic (exact) mass is 436 g/mol. The zero-order chi connectivity index (χ0) is 22.4. The van der Waals surface area contributed by atoms with E-state index in [9.17, 15) is 13.2 Å². The van der Waals surface area contributed by atoms with Crippen molar-refractivity contribution >= 4 is 16.7 Å². The van der Waals surface area contributed by atoms with Crippen molar-refractivity contribution < 1.29 is 23.1 Å². The first kappa shape index (κ1) is 22.6. The fourth-order valence-electron chi connectivity index (χ4n) is 3.53. The van der Waals surface area contributed by atoms with Crippen molar-refractivity contribution in [2.45, 2.75) is 38.1 Å². The molecule has 3 aromatic rings. The van der Waals surface area contributed by atoms with Gasteiger partial charge in [-0.1, -0.05) is 23.4 Å². The van der Waals surface area contributed by atoms with Gasteiger partial charge in [0, 0.05) is 37.4 Å². The molecule has 3 N–H and O–H groups in total. The third-order valence-corrected chi connectivity index (χ3v) is 5.03. The summed E-state index contributed by atoms with van der Waals surface area (Å²) < 4.78 is 33.7. The van der Waals surface area contributed by atoms with Gasteiger partial charge < -0.3 is 10.8 Å². The quantitative estimate of drug-likeness (QED) is 0.647. The molecule has 11 heteroatoms. The SMILES string of the molecule is NCc1cn(C2CCCN(Cc3cccc4ccncc34)C2)nn1.O=C(O)C(F)(F)F. The zero-order valence-electron chi connectivity index (χ0n) is 16.7. The van der Waals surface area contributed by atoms with Crippen LogP contribution in [0.1, 0.15) is 30.1 Å². The van der Waals surface area contributed by atoms with E-state index in [1.807, 2.05) is 23.3 Å². The number of nitrogens with zero attached hydrogens (tertiary/aromatic N) is 5. The Morgan fingerprint density at radius 3 is 2.74 bits per heavy atom. The Labute approximate surface area is 176 Å². The van der Waals surface area contributed by atoms with Crippen molar-refractivity contribution in [1.29, 1.82) is 0 Å². The third-order valence-electron chi connectivity index (χ3n) is 5.03. The first-order chi connectivity index (χ1) is 14.8. The molecule has 8 nitrogen and oxygen atoms in total. The van der Waals surface area contributed by atoms with E-state index >= 15 is 0 Å². The Bertz CT molecular complexity index is 1020. The van der Waals surface area contributed by atoms with Crippen molar-refractivity contribution in [2.75, 3.05) is 13.1 Å². The molecule has 0 bridgehead atoms. The van der Waals surface area contributed by atoms with Crippen molar-refractivity contribution in [1.82, 2.24) is 24.9 Å². The summed E-state index contributed by atoms with van der Waals surface area (Å²) in [6.45, 7) is 3.49. The highest BCUT2D eigenvalue weighted by molar-refractivity contribution is 5.84. The number of carboxylic acid groups (broad SMARTS) is 1. The molecule has 1 fully saturated rings. The second kappa shape index (κ2) is 9.84. The molecule has 0 saturated carbocycles. The molecule has 0 spiro atoms. The topological polar surface area (TPSA) is 110 Å². The summed E-state index contributed by atoms with van der Waals surface area (Å²) in [5.41, 5.74) is 7.83. The van der Waals surface area contributed by atoms with Crippen molar-refractivity contribution in [3.63, 3.8) is 0 Å². The van der Waals surface area contributed by atoms with E-state index in [1.54, 1.807) is 0 Å². The summed E-state index contributed by atoms with van der Waals surface area (Å²) in [6, 6.07) is 8.92. The number of alkyl halides is 3. The number of carbonyl (C=O) groups is 1. The van der Waals surface area contributed by atoms with E-state index < -0.39 is 12.1 Å². The molecule has 2 aromatic heterocycles. The van der Waals surface area contributed by atoms with Gasteiger partial charge in [-0.25, -0.2) is 9.48 Å². The average Bonchev–Trinajstić information content (AvgIpc) is 3.23. The molecule has 1 aliphatic heterocycles. The first-order valence-corrected chi connectivity index (χ1v) is 9.72. The van der Waals surface area contributed by atoms with Gasteiger partial charge >= 0.3 is 12.1 Å². The number of carboxylic acids is 1. The van der Waals surface area contributed by atoms with Crippen LogP contribution in [0.25, 0.3) is 10.8 Å². The van der Waals surface area contributed by atoms with Gasteiger partial charge in [0.15, 0.2) is 0 Å². The highest BCUT2D eigenvalue weighted by atomic mass is 19.4. The molecule has 1 saturated heterocycles. The molecule has 1 aromatic carbocycles. The van der Waals surface area contributed by atoms with Crippen LogP contribution in [0.4, 0.5) is 13.2 Å². The van der Waals surface area contributed by atoms with Crippen LogP contribution in [0, 0.1) is 0 Å². The molecule has 166 valence electrons. The van der Waals surface area contributed by atoms with Gasteiger partial charge in [-0.3, -0.25) is 9.88 Å². The Hall–Kier alpha value is -3.05. The number of aromatic nitrogens is 4.